The molecule has 0 unspecified atom stereocenters. The number of halogens is 1. The largest absolute Gasteiger partial charge is 0.506 e. The van der Waals surface area contributed by atoms with Gasteiger partial charge in [0.15, 0.2) is 0 Å². The maximum atomic E-state index is 11.7. The maximum Gasteiger partial charge on any atom is 0.350 e. The summed E-state index contributed by atoms with van der Waals surface area (Å²) in [6, 6.07) is 4.73. The van der Waals surface area contributed by atoms with Gasteiger partial charge < -0.3 is 9.84 Å². The van der Waals surface area contributed by atoms with Gasteiger partial charge in [0, 0.05) is 0 Å². The highest BCUT2D eigenvalue weighted by Crippen LogP contribution is 2.24. The number of phenols is 1. The number of hydrogen-bond acceptors (Lipinski definition) is 7. The number of rotatable bonds is 5. The molecule has 0 bridgehead atoms. The van der Waals surface area contributed by atoms with E-state index in [1.165, 1.54) is 23.6 Å². The summed E-state index contributed by atoms with van der Waals surface area (Å²) >= 11 is 6.98. The van der Waals surface area contributed by atoms with E-state index in [1.54, 1.807) is 26.0 Å². The van der Waals surface area contributed by atoms with Crippen LogP contribution in [0, 0.1) is 6.92 Å². The van der Waals surface area contributed by atoms with E-state index in [2.05, 4.69) is 15.5 Å². The molecule has 0 fully saturated rings. The van der Waals surface area contributed by atoms with Gasteiger partial charge in [-0.25, -0.2) is 9.78 Å². The Morgan fingerprint density at radius 1 is 1.59 bits per heavy atom. The molecule has 0 amide bonds. The smallest absolute Gasteiger partial charge is 0.350 e. The number of anilines is 1. The molecule has 1 aromatic heterocycles. The number of esters is 1. The molecule has 0 saturated carbocycles. The Labute approximate surface area is 136 Å². The van der Waals surface area contributed by atoms with Crippen molar-refractivity contribution in [3.8, 4) is 5.75 Å². The fraction of sp³-hybridized carbons (Fsp3) is 0.214. The Kier molecular flexibility index (Phi) is 5.35. The molecular weight excluding hydrogens is 326 g/mol. The van der Waals surface area contributed by atoms with Gasteiger partial charge in [0.1, 0.15) is 10.6 Å². The molecule has 116 valence electrons. The first-order valence-electron chi connectivity index (χ1n) is 6.43. The summed E-state index contributed by atoms with van der Waals surface area (Å²) < 4.78 is 4.95. The molecule has 0 aliphatic carbocycles. The third-order valence-electron chi connectivity index (χ3n) is 2.60. The van der Waals surface area contributed by atoms with Crippen LogP contribution in [0.5, 0.6) is 5.75 Å². The lowest BCUT2D eigenvalue weighted by atomic mass is 10.2. The SMILES string of the molecule is CCOC(=O)c1sc(N/N=C\c2ccc(O)c(Cl)c2)nc1C. The number of nitrogens with one attached hydrogen (secondary N) is 1. The number of benzene rings is 1. The summed E-state index contributed by atoms with van der Waals surface area (Å²) in [5, 5.41) is 14.1. The second kappa shape index (κ2) is 7.24. The monoisotopic (exact) mass is 339 g/mol. The fourth-order valence-electron chi connectivity index (χ4n) is 1.60. The lowest BCUT2D eigenvalue weighted by Crippen LogP contribution is -2.03. The molecule has 2 N–H and O–H groups in total. The van der Waals surface area contributed by atoms with Crippen molar-refractivity contribution in [2.24, 2.45) is 5.10 Å². The highest BCUT2D eigenvalue weighted by Gasteiger charge is 2.15. The molecule has 0 saturated heterocycles. The van der Waals surface area contributed by atoms with E-state index in [4.69, 9.17) is 16.3 Å². The van der Waals surface area contributed by atoms with Crippen LogP contribution in [0.15, 0.2) is 23.3 Å². The Morgan fingerprint density at radius 2 is 2.36 bits per heavy atom. The van der Waals surface area contributed by atoms with Gasteiger partial charge in [0.05, 0.1) is 23.5 Å². The summed E-state index contributed by atoms with van der Waals surface area (Å²) in [5.41, 5.74) is 4.06. The Hall–Kier alpha value is -2.12. The molecule has 22 heavy (non-hydrogen) atoms. The summed E-state index contributed by atoms with van der Waals surface area (Å²) in [4.78, 5) is 16.3. The van der Waals surface area contributed by atoms with E-state index in [9.17, 15) is 9.90 Å². The number of phenolic OH excluding ortho intramolecular Hbond substituents is 1. The van der Waals surface area contributed by atoms with Crippen LogP contribution >= 0.6 is 22.9 Å². The van der Waals surface area contributed by atoms with Crippen molar-refractivity contribution >= 4 is 40.3 Å². The van der Waals surface area contributed by atoms with Crippen molar-refractivity contribution in [2.75, 3.05) is 12.0 Å². The standard InChI is InChI=1S/C14H14ClN3O3S/c1-3-21-13(20)12-8(2)17-14(22-12)18-16-7-9-4-5-11(19)10(15)6-9/h4-7,19H,3H2,1-2H3,(H,17,18)/b16-7-. The van der Waals surface area contributed by atoms with Gasteiger partial charge in [-0.2, -0.15) is 5.10 Å². The molecule has 0 aliphatic rings. The number of aromatic nitrogens is 1. The normalized spacial score (nSPS) is 10.9. The highest BCUT2D eigenvalue weighted by atomic mass is 35.5. The van der Waals surface area contributed by atoms with E-state index < -0.39 is 0 Å². The number of ether oxygens (including phenoxy) is 1. The van der Waals surface area contributed by atoms with Crippen LogP contribution in [0.1, 0.15) is 27.9 Å². The molecule has 2 rings (SSSR count). The van der Waals surface area contributed by atoms with Crippen molar-refractivity contribution in [3.05, 3.63) is 39.4 Å². The van der Waals surface area contributed by atoms with E-state index in [-0.39, 0.29) is 16.7 Å². The summed E-state index contributed by atoms with van der Waals surface area (Å²) in [5.74, 6) is -0.374. The van der Waals surface area contributed by atoms with E-state index >= 15 is 0 Å². The molecule has 0 radical (unpaired) electrons. The third-order valence-corrected chi connectivity index (χ3v) is 3.95. The minimum absolute atomic E-state index is 0.0152. The predicted molar refractivity (Wildman–Crippen MR) is 87.1 cm³/mol. The van der Waals surface area contributed by atoms with Gasteiger partial charge in [0.2, 0.25) is 5.13 Å². The first-order chi connectivity index (χ1) is 10.5. The lowest BCUT2D eigenvalue weighted by molar-refractivity contribution is 0.0531. The minimum Gasteiger partial charge on any atom is -0.506 e. The first kappa shape index (κ1) is 16.3. The average Bonchev–Trinajstić information content (AvgIpc) is 2.84. The molecule has 6 nitrogen and oxygen atoms in total. The van der Waals surface area contributed by atoms with Crippen LogP contribution in [-0.2, 0) is 4.74 Å². The fourth-order valence-corrected chi connectivity index (χ4v) is 2.59. The molecule has 8 heteroatoms. The number of carbonyl (C=O) groups is 1. The average molecular weight is 340 g/mol. The van der Waals surface area contributed by atoms with Crippen molar-refractivity contribution < 1.29 is 14.6 Å². The van der Waals surface area contributed by atoms with Gasteiger partial charge in [0.25, 0.3) is 0 Å². The van der Waals surface area contributed by atoms with Crippen molar-refractivity contribution in [3.63, 3.8) is 0 Å². The topological polar surface area (TPSA) is 83.8 Å². The Balaban J connectivity index is 2.05. The van der Waals surface area contributed by atoms with Crippen LogP contribution in [0.3, 0.4) is 0 Å². The number of thiazole rings is 1. The lowest BCUT2D eigenvalue weighted by Gasteiger charge is -1.98. The van der Waals surface area contributed by atoms with Gasteiger partial charge in [-0.3, -0.25) is 5.43 Å². The van der Waals surface area contributed by atoms with Gasteiger partial charge in [-0.15, -0.1) is 0 Å². The number of carbonyl (C=O) groups excluding carboxylic acids is 1. The van der Waals surface area contributed by atoms with Crippen LogP contribution in [-0.4, -0.2) is 28.9 Å². The number of nitrogens with zero attached hydrogens (tertiary/aromatic N) is 2. The van der Waals surface area contributed by atoms with E-state index in [0.717, 1.165) is 0 Å². The highest BCUT2D eigenvalue weighted by molar-refractivity contribution is 7.17. The van der Waals surface area contributed by atoms with Gasteiger partial charge in [-0.05, 0) is 37.6 Å². The second-order valence-electron chi connectivity index (χ2n) is 4.23. The van der Waals surface area contributed by atoms with E-state index in [0.29, 0.717) is 27.9 Å². The molecule has 0 aliphatic heterocycles. The van der Waals surface area contributed by atoms with Crippen LogP contribution < -0.4 is 5.43 Å². The maximum absolute atomic E-state index is 11.7. The zero-order chi connectivity index (χ0) is 16.1. The van der Waals surface area contributed by atoms with Crippen molar-refractivity contribution in [1.29, 1.82) is 0 Å². The van der Waals surface area contributed by atoms with Crippen molar-refractivity contribution in [1.82, 2.24) is 4.98 Å². The van der Waals surface area contributed by atoms with Crippen molar-refractivity contribution in [2.45, 2.75) is 13.8 Å². The molecule has 1 heterocycles. The van der Waals surface area contributed by atoms with Crippen LogP contribution in [0.2, 0.25) is 5.02 Å². The van der Waals surface area contributed by atoms with Gasteiger partial charge in [-0.1, -0.05) is 22.9 Å². The van der Waals surface area contributed by atoms with Gasteiger partial charge >= 0.3 is 5.97 Å². The molecule has 1 aromatic carbocycles. The number of aromatic hydroxyl groups is 1. The number of hydrogen-bond donors (Lipinski definition) is 2. The summed E-state index contributed by atoms with van der Waals surface area (Å²) in [6.07, 6.45) is 1.53. The molecular formula is C14H14ClN3O3S. The summed E-state index contributed by atoms with van der Waals surface area (Å²) in [6.45, 7) is 3.80. The van der Waals surface area contributed by atoms with Crippen LogP contribution in [0.25, 0.3) is 0 Å². The Bertz CT molecular complexity index is 715. The predicted octanol–water partition coefficient (Wildman–Crippen LogP) is 3.43. The summed E-state index contributed by atoms with van der Waals surface area (Å²) in [7, 11) is 0. The molecule has 0 spiro atoms. The minimum atomic E-state index is -0.389. The van der Waals surface area contributed by atoms with Crippen LogP contribution in [0.4, 0.5) is 5.13 Å². The Morgan fingerprint density at radius 3 is 3.05 bits per heavy atom. The number of hydrazone groups is 1. The zero-order valence-electron chi connectivity index (χ0n) is 12.0. The molecule has 2 aromatic rings. The second-order valence-corrected chi connectivity index (χ2v) is 5.64. The quantitative estimate of drug-likeness (QED) is 0.495. The first-order valence-corrected chi connectivity index (χ1v) is 7.63. The molecule has 0 atom stereocenters. The third kappa shape index (κ3) is 3.96. The number of aryl methyl sites for hydroxylation is 1. The zero-order valence-corrected chi connectivity index (χ0v) is 13.5. The van der Waals surface area contributed by atoms with E-state index in [1.807, 2.05) is 0 Å².